The number of hydrogen-bond acceptors (Lipinski definition) is 3. The lowest BCUT2D eigenvalue weighted by Gasteiger charge is -2.10. The molecule has 0 heterocycles. The minimum Gasteiger partial charge on any atom is -0.478 e. The van der Waals surface area contributed by atoms with Crippen LogP contribution in [0.15, 0.2) is 36.4 Å². The van der Waals surface area contributed by atoms with E-state index in [2.05, 4.69) is 0 Å². The second-order valence-corrected chi connectivity index (χ2v) is 3.71. The quantitative estimate of drug-likeness (QED) is 0.836. The molecule has 3 N–H and O–H groups in total. The molecule has 2 aromatic carbocycles. The molecule has 0 saturated carbocycles. The summed E-state index contributed by atoms with van der Waals surface area (Å²) in [5.41, 5.74) is 5.56. The monoisotopic (exact) mass is 265 g/mol. The van der Waals surface area contributed by atoms with Crippen molar-refractivity contribution in [3.05, 3.63) is 53.6 Å². The van der Waals surface area contributed by atoms with Gasteiger partial charge in [0.05, 0.1) is 0 Å². The van der Waals surface area contributed by atoms with E-state index in [4.69, 9.17) is 15.6 Å². The van der Waals surface area contributed by atoms with Crippen LogP contribution in [-0.4, -0.2) is 11.1 Å². The molecule has 0 aromatic heterocycles. The first-order valence-corrected chi connectivity index (χ1v) is 5.23. The summed E-state index contributed by atoms with van der Waals surface area (Å²) in [4.78, 5) is 11.0. The van der Waals surface area contributed by atoms with Crippen molar-refractivity contribution in [2.45, 2.75) is 0 Å². The molecule has 0 radical (unpaired) electrons. The summed E-state index contributed by atoms with van der Waals surface area (Å²) in [6.45, 7) is 0. The summed E-state index contributed by atoms with van der Waals surface area (Å²) in [6.07, 6.45) is 0. The lowest BCUT2D eigenvalue weighted by atomic mass is 10.2. The van der Waals surface area contributed by atoms with Crippen LogP contribution >= 0.6 is 0 Å². The molecule has 0 bridgehead atoms. The summed E-state index contributed by atoms with van der Waals surface area (Å²) < 4.78 is 31.6. The molecule has 98 valence electrons. The second kappa shape index (κ2) is 4.93. The minimum absolute atomic E-state index is 0.156. The molecule has 0 aliphatic heterocycles. The molecule has 4 nitrogen and oxygen atoms in total. The van der Waals surface area contributed by atoms with Crippen molar-refractivity contribution in [1.29, 1.82) is 0 Å². The average molecular weight is 265 g/mol. The lowest BCUT2D eigenvalue weighted by molar-refractivity contribution is 0.0694. The number of anilines is 1. The SMILES string of the molecule is Nc1ccc(C(=O)O)c(Oc2cccc(F)c2F)c1. The normalized spacial score (nSPS) is 10.2. The van der Waals surface area contributed by atoms with Gasteiger partial charge in [-0.05, 0) is 24.3 Å². The Hall–Kier alpha value is -2.63. The zero-order valence-electron chi connectivity index (χ0n) is 9.56. The van der Waals surface area contributed by atoms with Gasteiger partial charge < -0.3 is 15.6 Å². The average Bonchev–Trinajstić information content (AvgIpc) is 2.35. The van der Waals surface area contributed by atoms with Gasteiger partial charge in [0.1, 0.15) is 11.3 Å². The van der Waals surface area contributed by atoms with Crippen LogP contribution in [0.25, 0.3) is 0 Å². The Balaban J connectivity index is 2.45. The summed E-state index contributed by atoms with van der Waals surface area (Å²) in [5.74, 6) is -4.10. The number of halogens is 2. The fourth-order valence-electron chi connectivity index (χ4n) is 1.48. The van der Waals surface area contributed by atoms with Crippen LogP contribution in [0.1, 0.15) is 10.4 Å². The van der Waals surface area contributed by atoms with Crippen molar-refractivity contribution in [2.75, 3.05) is 5.73 Å². The van der Waals surface area contributed by atoms with Gasteiger partial charge in [0, 0.05) is 11.8 Å². The molecule has 0 aliphatic rings. The summed E-state index contributed by atoms with van der Waals surface area (Å²) in [6, 6.07) is 7.20. The number of nitrogen functional groups attached to an aromatic ring is 1. The number of carboxylic acids is 1. The van der Waals surface area contributed by atoms with E-state index in [9.17, 15) is 13.6 Å². The Kier molecular flexibility index (Phi) is 3.33. The number of nitrogens with two attached hydrogens (primary N) is 1. The van der Waals surface area contributed by atoms with Crippen LogP contribution in [0, 0.1) is 11.6 Å². The van der Waals surface area contributed by atoms with Gasteiger partial charge in [0.25, 0.3) is 0 Å². The van der Waals surface area contributed by atoms with Crippen molar-refractivity contribution in [3.63, 3.8) is 0 Å². The zero-order chi connectivity index (χ0) is 14.0. The molecule has 0 spiro atoms. The third-order valence-corrected chi connectivity index (χ3v) is 2.37. The van der Waals surface area contributed by atoms with Crippen LogP contribution in [0.3, 0.4) is 0 Å². The van der Waals surface area contributed by atoms with Crippen molar-refractivity contribution < 1.29 is 23.4 Å². The molecule has 19 heavy (non-hydrogen) atoms. The number of aromatic carboxylic acids is 1. The molecule has 2 rings (SSSR count). The van der Waals surface area contributed by atoms with E-state index in [-0.39, 0.29) is 17.0 Å². The van der Waals surface area contributed by atoms with Crippen LogP contribution in [-0.2, 0) is 0 Å². The third kappa shape index (κ3) is 2.62. The summed E-state index contributed by atoms with van der Waals surface area (Å²) in [5, 5.41) is 8.97. The number of hydrogen-bond donors (Lipinski definition) is 2. The minimum atomic E-state index is -1.26. The highest BCUT2D eigenvalue weighted by atomic mass is 19.2. The van der Waals surface area contributed by atoms with Gasteiger partial charge in [-0.15, -0.1) is 0 Å². The van der Waals surface area contributed by atoms with Gasteiger partial charge >= 0.3 is 5.97 Å². The van der Waals surface area contributed by atoms with E-state index < -0.39 is 23.4 Å². The molecule has 0 saturated heterocycles. The highest BCUT2D eigenvalue weighted by Crippen LogP contribution is 2.30. The first kappa shape index (κ1) is 12.8. The van der Waals surface area contributed by atoms with Crippen LogP contribution < -0.4 is 10.5 Å². The third-order valence-electron chi connectivity index (χ3n) is 2.37. The van der Waals surface area contributed by atoms with E-state index >= 15 is 0 Å². The standard InChI is InChI=1S/C13H9F2NO3/c14-9-2-1-3-10(12(9)15)19-11-6-7(16)4-5-8(11)13(17)18/h1-6H,16H2,(H,17,18). The molecule has 2 aromatic rings. The maximum absolute atomic E-state index is 13.4. The Bertz CT molecular complexity index is 644. The predicted octanol–water partition coefficient (Wildman–Crippen LogP) is 3.04. The number of rotatable bonds is 3. The highest BCUT2D eigenvalue weighted by molar-refractivity contribution is 5.91. The number of carboxylic acid groups (broad SMARTS) is 1. The lowest BCUT2D eigenvalue weighted by Crippen LogP contribution is -2.02. The highest BCUT2D eigenvalue weighted by Gasteiger charge is 2.15. The van der Waals surface area contributed by atoms with Crippen molar-refractivity contribution in [2.24, 2.45) is 0 Å². The van der Waals surface area contributed by atoms with Gasteiger partial charge in [0.2, 0.25) is 5.82 Å². The summed E-state index contributed by atoms with van der Waals surface area (Å²) in [7, 11) is 0. The van der Waals surface area contributed by atoms with Gasteiger partial charge in [0.15, 0.2) is 11.6 Å². The van der Waals surface area contributed by atoms with Crippen molar-refractivity contribution in [3.8, 4) is 11.5 Å². The molecule has 0 fully saturated rings. The fraction of sp³-hybridized carbons (Fsp3) is 0. The zero-order valence-corrected chi connectivity index (χ0v) is 9.56. The number of carbonyl (C=O) groups is 1. The van der Waals surface area contributed by atoms with E-state index in [1.54, 1.807) is 0 Å². The molecular formula is C13H9F2NO3. The van der Waals surface area contributed by atoms with Crippen LogP contribution in [0.2, 0.25) is 0 Å². The predicted molar refractivity (Wildman–Crippen MR) is 64.2 cm³/mol. The smallest absolute Gasteiger partial charge is 0.339 e. The molecule has 0 amide bonds. The van der Waals surface area contributed by atoms with Gasteiger partial charge in [-0.3, -0.25) is 0 Å². The Labute approximate surface area is 107 Å². The molecule has 6 heteroatoms. The van der Waals surface area contributed by atoms with Gasteiger partial charge in [-0.1, -0.05) is 6.07 Å². The van der Waals surface area contributed by atoms with E-state index in [1.165, 1.54) is 30.3 Å². The molecule has 0 unspecified atom stereocenters. The first-order valence-electron chi connectivity index (χ1n) is 5.23. The maximum Gasteiger partial charge on any atom is 0.339 e. The number of ether oxygens (including phenoxy) is 1. The van der Waals surface area contributed by atoms with E-state index in [0.717, 1.165) is 6.07 Å². The van der Waals surface area contributed by atoms with Gasteiger partial charge in [-0.2, -0.15) is 4.39 Å². The Morgan fingerprint density at radius 1 is 1.16 bits per heavy atom. The second-order valence-electron chi connectivity index (χ2n) is 3.71. The van der Waals surface area contributed by atoms with Gasteiger partial charge in [-0.25, -0.2) is 9.18 Å². The molecule has 0 aliphatic carbocycles. The first-order chi connectivity index (χ1) is 8.99. The molecular weight excluding hydrogens is 256 g/mol. The maximum atomic E-state index is 13.4. The fourth-order valence-corrected chi connectivity index (χ4v) is 1.48. The number of benzene rings is 2. The van der Waals surface area contributed by atoms with E-state index in [0.29, 0.717) is 0 Å². The van der Waals surface area contributed by atoms with Crippen molar-refractivity contribution in [1.82, 2.24) is 0 Å². The summed E-state index contributed by atoms with van der Waals surface area (Å²) >= 11 is 0. The van der Waals surface area contributed by atoms with Crippen LogP contribution in [0.4, 0.5) is 14.5 Å². The largest absolute Gasteiger partial charge is 0.478 e. The van der Waals surface area contributed by atoms with Crippen molar-refractivity contribution >= 4 is 11.7 Å². The Morgan fingerprint density at radius 3 is 2.58 bits per heavy atom. The topological polar surface area (TPSA) is 72.6 Å². The van der Waals surface area contributed by atoms with E-state index in [1.807, 2.05) is 0 Å². The molecule has 0 atom stereocenters. The van der Waals surface area contributed by atoms with Crippen LogP contribution in [0.5, 0.6) is 11.5 Å². The Morgan fingerprint density at radius 2 is 1.89 bits per heavy atom.